The lowest BCUT2D eigenvalue weighted by Crippen LogP contribution is -2.22. The number of carbonyl (C=O) groups is 1. The van der Waals surface area contributed by atoms with Crippen LogP contribution in [0.3, 0.4) is 0 Å². The lowest BCUT2D eigenvalue weighted by molar-refractivity contribution is 0.0951. The van der Waals surface area contributed by atoms with Crippen molar-refractivity contribution in [2.24, 2.45) is 0 Å². The van der Waals surface area contributed by atoms with Gasteiger partial charge in [0, 0.05) is 22.6 Å². The Morgan fingerprint density at radius 2 is 1.71 bits per heavy atom. The zero-order valence-electron chi connectivity index (χ0n) is 19.4. The van der Waals surface area contributed by atoms with Crippen molar-refractivity contribution in [2.45, 2.75) is 31.0 Å². The SMILES string of the molecule is Cc1ccc([S@@](=O)Cc2nc(-c3ccc(C(=O)NCc4ccc5c(c4)OCO5)cc3)oc2C)cc1. The van der Waals surface area contributed by atoms with Gasteiger partial charge in [-0.3, -0.25) is 9.00 Å². The van der Waals surface area contributed by atoms with E-state index in [0.717, 1.165) is 21.6 Å². The number of aromatic nitrogens is 1. The van der Waals surface area contributed by atoms with Gasteiger partial charge in [-0.15, -0.1) is 0 Å². The fourth-order valence-corrected chi connectivity index (χ4v) is 4.80. The Morgan fingerprint density at radius 3 is 2.49 bits per heavy atom. The number of amides is 1. The Kier molecular flexibility index (Phi) is 6.37. The Morgan fingerprint density at radius 1 is 0.971 bits per heavy atom. The monoisotopic (exact) mass is 488 g/mol. The number of ether oxygens (including phenoxy) is 2. The number of oxazole rings is 1. The van der Waals surface area contributed by atoms with E-state index in [4.69, 9.17) is 13.9 Å². The highest BCUT2D eigenvalue weighted by Gasteiger charge is 2.16. The number of rotatable bonds is 7. The molecule has 1 aliphatic heterocycles. The Balaban J connectivity index is 1.22. The van der Waals surface area contributed by atoms with Gasteiger partial charge in [0.2, 0.25) is 12.7 Å². The Labute approximate surface area is 205 Å². The molecule has 1 aliphatic rings. The van der Waals surface area contributed by atoms with E-state index in [1.54, 1.807) is 24.3 Å². The molecule has 3 aromatic carbocycles. The standard InChI is InChI=1S/C27H24N2O5S/c1-17-3-10-22(11-4-17)35(31)15-23-18(2)34-27(29-23)21-8-6-20(7-9-21)26(30)28-14-19-5-12-24-25(13-19)33-16-32-24/h3-13H,14-16H2,1-2H3,(H,28,30)/t35-/m0/s1. The first-order valence-electron chi connectivity index (χ1n) is 11.1. The molecular formula is C27H24N2O5S. The van der Waals surface area contributed by atoms with E-state index in [0.29, 0.717) is 41.0 Å². The molecule has 1 aromatic heterocycles. The van der Waals surface area contributed by atoms with E-state index >= 15 is 0 Å². The second-order valence-electron chi connectivity index (χ2n) is 8.27. The maximum absolute atomic E-state index is 12.7. The number of nitrogens with one attached hydrogen (secondary N) is 1. The Hall–Kier alpha value is -3.91. The molecule has 5 rings (SSSR count). The van der Waals surface area contributed by atoms with E-state index in [1.807, 2.05) is 56.3 Å². The summed E-state index contributed by atoms with van der Waals surface area (Å²) in [4.78, 5) is 17.9. The first-order valence-corrected chi connectivity index (χ1v) is 12.5. The van der Waals surface area contributed by atoms with Crippen LogP contribution in [0.25, 0.3) is 11.5 Å². The molecule has 35 heavy (non-hydrogen) atoms. The van der Waals surface area contributed by atoms with Gasteiger partial charge in [0.1, 0.15) is 5.76 Å². The molecule has 0 bridgehead atoms. The molecule has 1 N–H and O–H groups in total. The number of benzene rings is 3. The lowest BCUT2D eigenvalue weighted by atomic mass is 10.1. The van der Waals surface area contributed by atoms with Crippen LogP contribution < -0.4 is 14.8 Å². The third-order valence-corrected chi connectivity index (χ3v) is 7.06. The quantitative estimate of drug-likeness (QED) is 0.397. The predicted molar refractivity (Wildman–Crippen MR) is 132 cm³/mol. The second-order valence-corrected chi connectivity index (χ2v) is 9.72. The van der Waals surface area contributed by atoms with Gasteiger partial charge in [-0.2, -0.15) is 0 Å². The number of hydrogen-bond donors (Lipinski definition) is 1. The summed E-state index contributed by atoms with van der Waals surface area (Å²) in [5, 5.41) is 2.91. The van der Waals surface area contributed by atoms with Gasteiger partial charge in [-0.1, -0.05) is 23.8 Å². The first-order chi connectivity index (χ1) is 17.0. The third kappa shape index (κ3) is 5.12. The largest absolute Gasteiger partial charge is 0.454 e. The zero-order valence-corrected chi connectivity index (χ0v) is 20.2. The molecule has 8 heteroatoms. The van der Waals surface area contributed by atoms with Crippen molar-refractivity contribution < 1.29 is 22.9 Å². The molecule has 0 aliphatic carbocycles. The van der Waals surface area contributed by atoms with E-state index in [9.17, 15) is 9.00 Å². The number of nitrogens with zero attached hydrogens (tertiary/aromatic N) is 1. The molecule has 7 nitrogen and oxygen atoms in total. The van der Waals surface area contributed by atoms with E-state index in [-0.39, 0.29) is 18.5 Å². The molecule has 0 spiro atoms. The summed E-state index contributed by atoms with van der Waals surface area (Å²) >= 11 is 0. The van der Waals surface area contributed by atoms with Crippen LogP contribution >= 0.6 is 0 Å². The molecule has 178 valence electrons. The highest BCUT2D eigenvalue weighted by Crippen LogP contribution is 2.32. The van der Waals surface area contributed by atoms with Crippen LogP contribution in [-0.2, 0) is 23.1 Å². The molecule has 0 saturated heterocycles. The molecule has 1 atom stereocenters. The summed E-state index contributed by atoms with van der Waals surface area (Å²) in [5.41, 5.74) is 3.97. The maximum Gasteiger partial charge on any atom is 0.251 e. The molecule has 4 aromatic rings. The van der Waals surface area contributed by atoms with Crippen molar-refractivity contribution in [3.63, 3.8) is 0 Å². The number of aryl methyl sites for hydroxylation is 2. The molecule has 0 saturated carbocycles. The van der Waals surface area contributed by atoms with Gasteiger partial charge in [0.05, 0.1) is 22.2 Å². The number of hydrogen-bond acceptors (Lipinski definition) is 6. The van der Waals surface area contributed by atoms with Crippen LogP contribution in [0.5, 0.6) is 11.5 Å². The lowest BCUT2D eigenvalue weighted by Gasteiger charge is -2.07. The van der Waals surface area contributed by atoms with Crippen molar-refractivity contribution in [2.75, 3.05) is 6.79 Å². The van der Waals surface area contributed by atoms with Crippen LogP contribution in [0.4, 0.5) is 0 Å². The van der Waals surface area contributed by atoms with Crippen LogP contribution in [-0.4, -0.2) is 21.9 Å². The molecule has 2 heterocycles. The molecule has 1 amide bonds. The topological polar surface area (TPSA) is 90.7 Å². The normalized spacial score (nSPS) is 13.0. The predicted octanol–water partition coefficient (Wildman–Crippen LogP) is 4.92. The van der Waals surface area contributed by atoms with Gasteiger partial charge >= 0.3 is 0 Å². The minimum atomic E-state index is -1.21. The maximum atomic E-state index is 12.7. The minimum Gasteiger partial charge on any atom is -0.454 e. The summed E-state index contributed by atoms with van der Waals surface area (Å²) < 4.78 is 29.3. The van der Waals surface area contributed by atoms with Crippen molar-refractivity contribution >= 4 is 16.7 Å². The number of carbonyl (C=O) groups excluding carboxylic acids is 1. The van der Waals surface area contributed by atoms with E-state index < -0.39 is 10.8 Å². The minimum absolute atomic E-state index is 0.188. The summed E-state index contributed by atoms with van der Waals surface area (Å²) in [6.07, 6.45) is 0. The number of fused-ring (bicyclic) bond motifs is 1. The fourth-order valence-electron chi connectivity index (χ4n) is 3.68. The summed E-state index contributed by atoms with van der Waals surface area (Å²) in [6, 6.07) is 20.3. The van der Waals surface area contributed by atoms with Crippen LogP contribution in [0.2, 0.25) is 0 Å². The summed E-state index contributed by atoms with van der Waals surface area (Å²) in [5.74, 6) is 2.55. The van der Waals surface area contributed by atoms with Gasteiger partial charge in [-0.25, -0.2) is 4.98 Å². The summed E-state index contributed by atoms with van der Waals surface area (Å²) in [7, 11) is -1.21. The molecular weight excluding hydrogens is 464 g/mol. The van der Waals surface area contributed by atoms with Crippen molar-refractivity contribution in [3.8, 4) is 23.0 Å². The second kappa shape index (κ2) is 9.76. The van der Waals surface area contributed by atoms with Gasteiger partial charge in [0.15, 0.2) is 11.5 Å². The first kappa shape index (κ1) is 22.9. The van der Waals surface area contributed by atoms with Gasteiger partial charge < -0.3 is 19.2 Å². The van der Waals surface area contributed by atoms with Crippen LogP contribution in [0, 0.1) is 13.8 Å². The van der Waals surface area contributed by atoms with Crippen molar-refractivity contribution in [1.82, 2.24) is 10.3 Å². The zero-order chi connectivity index (χ0) is 24.4. The van der Waals surface area contributed by atoms with Crippen molar-refractivity contribution in [1.29, 1.82) is 0 Å². The molecule has 0 radical (unpaired) electrons. The highest BCUT2D eigenvalue weighted by molar-refractivity contribution is 7.84. The average molecular weight is 489 g/mol. The van der Waals surface area contributed by atoms with E-state index in [1.165, 1.54) is 0 Å². The van der Waals surface area contributed by atoms with Crippen LogP contribution in [0.15, 0.2) is 76.0 Å². The van der Waals surface area contributed by atoms with Crippen LogP contribution in [0.1, 0.15) is 32.9 Å². The van der Waals surface area contributed by atoms with E-state index in [2.05, 4.69) is 10.3 Å². The molecule has 0 fully saturated rings. The fraction of sp³-hybridized carbons (Fsp3) is 0.185. The summed E-state index contributed by atoms with van der Waals surface area (Å²) in [6.45, 7) is 4.40. The third-order valence-electron chi connectivity index (χ3n) is 5.73. The van der Waals surface area contributed by atoms with Crippen molar-refractivity contribution in [3.05, 3.63) is 94.9 Å². The molecule has 0 unspecified atom stereocenters. The van der Waals surface area contributed by atoms with Gasteiger partial charge in [-0.05, 0) is 67.9 Å². The smallest absolute Gasteiger partial charge is 0.251 e. The highest BCUT2D eigenvalue weighted by atomic mass is 32.2. The Bertz CT molecular complexity index is 1390. The van der Waals surface area contributed by atoms with Gasteiger partial charge in [0.25, 0.3) is 5.91 Å². The average Bonchev–Trinajstić information content (AvgIpc) is 3.49.